The van der Waals surface area contributed by atoms with Gasteiger partial charge in [-0.3, -0.25) is 4.79 Å². The fourth-order valence-electron chi connectivity index (χ4n) is 1.36. The molecule has 18 heavy (non-hydrogen) atoms. The molecule has 0 saturated heterocycles. The Morgan fingerprint density at radius 2 is 2.06 bits per heavy atom. The predicted octanol–water partition coefficient (Wildman–Crippen LogP) is 2.10. The predicted molar refractivity (Wildman–Crippen MR) is 69.9 cm³/mol. The number of nitrogens with one attached hydrogen (secondary N) is 1. The van der Waals surface area contributed by atoms with Crippen molar-refractivity contribution >= 4 is 29.2 Å². The van der Waals surface area contributed by atoms with E-state index in [1.165, 1.54) is 18.2 Å². The summed E-state index contributed by atoms with van der Waals surface area (Å²) in [7, 11) is 0. The molecule has 0 atom stereocenters. The van der Waals surface area contributed by atoms with E-state index in [2.05, 4.69) is 5.32 Å². The maximum Gasteiger partial charge on any atom is 0.335 e. The number of anilines is 1. The van der Waals surface area contributed by atoms with Crippen LogP contribution in [0.4, 0.5) is 5.69 Å². The van der Waals surface area contributed by atoms with Crippen LogP contribution < -0.4 is 11.1 Å². The Bertz CT molecular complexity index is 481. The lowest BCUT2D eigenvalue weighted by Gasteiger charge is -2.18. The highest BCUT2D eigenvalue weighted by molar-refractivity contribution is 6.33. The summed E-state index contributed by atoms with van der Waals surface area (Å²) < 4.78 is 0. The van der Waals surface area contributed by atoms with Crippen molar-refractivity contribution < 1.29 is 14.7 Å². The number of carboxylic acid groups (broad SMARTS) is 1. The summed E-state index contributed by atoms with van der Waals surface area (Å²) in [6.07, 6.45) is 0.112. The van der Waals surface area contributed by atoms with Gasteiger partial charge in [0.2, 0.25) is 5.91 Å². The van der Waals surface area contributed by atoms with Crippen LogP contribution in [0.2, 0.25) is 5.02 Å². The van der Waals surface area contributed by atoms with Crippen molar-refractivity contribution in [3.8, 4) is 0 Å². The zero-order valence-electron chi connectivity index (χ0n) is 10.2. The van der Waals surface area contributed by atoms with Gasteiger partial charge < -0.3 is 16.2 Å². The third-order valence-corrected chi connectivity index (χ3v) is 2.43. The van der Waals surface area contributed by atoms with Crippen LogP contribution >= 0.6 is 11.6 Å². The highest BCUT2D eigenvalue weighted by atomic mass is 35.5. The largest absolute Gasteiger partial charge is 0.478 e. The lowest BCUT2D eigenvalue weighted by Crippen LogP contribution is -2.36. The molecule has 1 aromatic carbocycles. The first-order chi connectivity index (χ1) is 8.19. The normalized spacial score (nSPS) is 11.1. The van der Waals surface area contributed by atoms with Crippen LogP contribution in [0.5, 0.6) is 0 Å². The Labute approximate surface area is 110 Å². The van der Waals surface area contributed by atoms with Crippen LogP contribution in [-0.2, 0) is 4.79 Å². The van der Waals surface area contributed by atoms with Crippen LogP contribution in [0.25, 0.3) is 0 Å². The SMILES string of the molecule is CC(C)(N)CC(=O)Nc1cc(C(=O)O)ccc1Cl. The lowest BCUT2D eigenvalue weighted by atomic mass is 10.0. The number of amides is 1. The minimum Gasteiger partial charge on any atom is -0.478 e. The van der Waals surface area contributed by atoms with Gasteiger partial charge in [-0.25, -0.2) is 4.79 Å². The molecule has 0 aliphatic heterocycles. The average molecular weight is 271 g/mol. The second kappa shape index (κ2) is 5.37. The quantitative estimate of drug-likeness (QED) is 0.781. The van der Waals surface area contributed by atoms with Crippen molar-refractivity contribution in [2.75, 3.05) is 5.32 Å². The number of benzene rings is 1. The maximum absolute atomic E-state index is 11.7. The van der Waals surface area contributed by atoms with Gasteiger partial charge in [0.1, 0.15) is 0 Å². The molecule has 4 N–H and O–H groups in total. The van der Waals surface area contributed by atoms with Gasteiger partial charge in [0.15, 0.2) is 0 Å². The second-order valence-corrected chi connectivity index (χ2v) is 5.12. The molecule has 0 fully saturated rings. The molecule has 0 heterocycles. The minimum atomic E-state index is -1.08. The van der Waals surface area contributed by atoms with Gasteiger partial charge in [0, 0.05) is 12.0 Å². The van der Waals surface area contributed by atoms with Crippen molar-refractivity contribution in [2.24, 2.45) is 5.73 Å². The molecule has 0 radical (unpaired) electrons. The minimum absolute atomic E-state index is 0.0571. The second-order valence-electron chi connectivity index (χ2n) is 4.71. The van der Waals surface area contributed by atoms with Crippen molar-refractivity contribution in [1.29, 1.82) is 0 Å². The molecular formula is C12H15ClN2O3. The molecule has 1 rings (SSSR count). The molecule has 0 bridgehead atoms. The van der Waals surface area contributed by atoms with Crippen LogP contribution in [0, 0.1) is 0 Å². The van der Waals surface area contributed by atoms with Crippen molar-refractivity contribution in [1.82, 2.24) is 0 Å². The molecule has 0 spiro atoms. The Balaban J connectivity index is 2.87. The van der Waals surface area contributed by atoms with E-state index in [4.69, 9.17) is 22.4 Å². The van der Waals surface area contributed by atoms with Crippen LogP contribution in [-0.4, -0.2) is 22.5 Å². The number of halogens is 1. The summed E-state index contributed by atoms with van der Waals surface area (Å²) in [6, 6.07) is 4.10. The van der Waals surface area contributed by atoms with E-state index < -0.39 is 11.5 Å². The van der Waals surface area contributed by atoms with E-state index in [0.717, 1.165) is 0 Å². The molecule has 6 heteroatoms. The summed E-state index contributed by atoms with van der Waals surface area (Å²) in [4.78, 5) is 22.5. The van der Waals surface area contributed by atoms with E-state index in [0.29, 0.717) is 0 Å². The van der Waals surface area contributed by atoms with E-state index in [1.807, 2.05) is 0 Å². The fourth-order valence-corrected chi connectivity index (χ4v) is 1.53. The van der Waals surface area contributed by atoms with Gasteiger partial charge in [-0.2, -0.15) is 0 Å². The number of hydrogen-bond donors (Lipinski definition) is 3. The summed E-state index contributed by atoms with van der Waals surface area (Å²) >= 11 is 5.88. The highest BCUT2D eigenvalue weighted by Gasteiger charge is 2.17. The van der Waals surface area contributed by atoms with Crippen LogP contribution in [0.15, 0.2) is 18.2 Å². The number of nitrogens with two attached hydrogens (primary N) is 1. The van der Waals surface area contributed by atoms with E-state index in [-0.39, 0.29) is 28.6 Å². The number of carbonyl (C=O) groups excluding carboxylic acids is 1. The van der Waals surface area contributed by atoms with Gasteiger partial charge in [-0.15, -0.1) is 0 Å². The summed E-state index contributed by atoms with van der Waals surface area (Å²) in [5.74, 6) is -1.40. The topological polar surface area (TPSA) is 92.4 Å². The molecule has 5 nitrogen and oxygen atoms in total. The van der Waals surface area contributed by atoms with Gasteiger partial charge >= 0.3 is 5.97 Å². The van der Waals surface area contributed by atoms with Gasteiger partial charge in [0.25, 0.3) is 0 Å². The third kappa shape index (κ3) is 4.35. The summed E-state index contributed by atoms with van der Waals surface area (Å²) in [6.45, 7) is 3.45. The Kier molecular flexibility index (Phi) is 4.32. The van der Waals surface area contributed by atoms with E-state index >= 15 is 0 Å². The number of carboxylic acids is 1. The standard InChI is InChI=1S/C12H15ClN2O3/c1-12(2,14)6-10(16)15-9-5-7(11(17)18)3-4-8(9)13/h3-5H,6,14H2,1-2H3,(H,15,16)(H,17,18). The number of hydrogen-bond acceptors (Lipinski definition) is 3. The van der Waals surface area contributed by atoms with Crippen molar-refractivity contribution in [3.63, 3.8) is 0 Å². The third-order valence-electron chi connectivity index (χ3n) is 2.10. The first kappa shape index (κ1) is 14.5. The fraction of sp³-hybridized carbons (Fsp3) is 0.333. The van der Waals surface area contributed by atoms with Crippen molar-refractivity contribution in [3.05, 3.63) is 28.8 Å². The number of rotatable bonds is 4. The smallest absolute Gasteiger partial charge is 0.335 e. The molecular weight excluding hydrogens is 256 g/mol. The zero-order chi connectivity index (χ0) is 13.9. The number of aromatic carboxylic acids is 1. The molecule has 0 aliphatic carbocycles. The monoisotopic (exact) mass is 270 g/mol. The number of carbonyl (C=O) groups is 2. The van der Waals surface area contributed by atoms with Gasteiger partial charge in [0.05, 0.1) is 16.3 Å². The average Bonchev–Trinajstić information content (AvgIpc) is 2.18. The van der Waals surface area contributed by atoms with Gasteiger partial charge in [-0.05, 0) is 32.0 Å². The summed E-state index contributed by atoms with van der Waals surface area (Å²) in [5, 5.41) is 11.7. The first-order valence-corrected chi connectivity index (χ1v) is 5.68. The Morgan fingerprint density at radius 1 is 1.44 bits per heavy atom. The van der Waals surface area contributed by atoms with Gasteiger partial charge in [-0.1, -0.05) is 11.6 Å². The summed E-state index contributed by atoms with van der Waals surface area (Å²) in [5.41, 5.74) is 5.41. The zero-order valence-corrected chi connectivity index (χ0v) is 10.9. The highest BCUT2D eigenvalue weighted by Crippen LogP contribution is 2.23. The van der Waals surface area contributed by atoms with E-state index in [9.17, 15) is 9.59 Å². The Hall–Kier alpha value is -1.59. The molecule has 0 saturated carbocycles. The molecule has 98 valence electrons. The lowest BCUT2D eigenvalue weighted by molar-refractivity contribution is -0.117. The van der Waals surface area contributed by atoms with E-state index in [1.54, 1.807) is 13.8 Å². The first-order valence-electron chi connectivity index (χ1n) is 5.30. The van der Waals surface area contributed by atoms with Crippen molar-refractivity contribution in [2.45, 2.75) is 25.8 Å². The maximum atomic E-state index is 11.7. The van der Waals surface area contributed by atoms with Crippen LogP contribution in [0.1, 0.15) is 30.6 Å². The Morgan fingerprint density at radius 3 is 2.56 bits per heavy atom. The molecule has 1 aromatic rings. The molecule has 0 unspecified atom stereocenters. The molecule has 0 aromatic heterocycles. The molecule has 1 amide bonds. The van der Waals surface area contributed by atoms with Crippen LogP contribution in [0.3, 0.4) is 0 Å². The molecule has 0 aliphatic rings.